The van der Waals surface area contributed by atoms with E-state index in [1.54, 1.807) is 6.08 Å². The highest BCUT2D eigenvalue weighted by molar-refractivity contribution is 5.80. The summed E-state index contributed by atoms with van der Waals surface area (Å²) in [5, 5.41) is 8.20. The van der Waals surface area contributed by atoms with Gasteiger partial charge in [-0.15, -0.1) is 0 Å². The molecule has 0 bridgehead atoms. The highest BCUT2D eigenvalue weighted by Gasteiger charge is 1.80. The van der Waals surface area contributed by atoms with Gasteiger partial charge in [-0.2, -0.15) is 0 Å². The van der Waals surface area contributed by atoms with Gasteiger partial charge in [0.15, 0.2) is 0 Å². The van der Waals surface area contributed by atoms with Crippen LogP contribution >= 0.6 is 0 Å². The number of aliphatic carboxylic acids is 1. The first kappa shape index (κ1) is 9.95. The molecule has 0 aromatic carbocycles. The standard InChI is InChI=1S/C9H14O2/c1-2-3-4-5-6-7-8-9(10)11/h5-8H,2-4H2,1H3,(H,10,11)/b6-5?,8-7+. The third-order valence-corrected chi connectivity index (χ3v) is 1.21. The van der Waals surface area contributed by atoms with Crippen LogP contribution in [0.1, 0.15) is 26.2 Å². The Morgan fingerprint density at radius 1 is 1.45 bits per heavy atom. The van der Waals surface area contributed by atoms with Crippen molar-refractivity contribution in [3.8, 4) is 0 Å². The second-order valence-corrected chi connectivity index (χ2v) is 2.27. The second kappa shape index (κ2) is 7.06. The molecule has 0 atom stereocenters. The Hall–Kier alpha value is -1.05. The van der Waals surface area contributed by atoms with Gasteiger partial charge in [0, 0.05) is 6.08 Å². The van der Waals surface area contributed by atoms with Crippen LogP contribution < -0.4 is 0 Å². The van der Waals surface area contributed by atoms with Gasteiger partial charge in [0.25, 0.3) is 0 Å². The minimum atomic E-state index is -0.898. The van der Waals surface area contributed by atoms with E-state index in [0.717, 1.165) is 18.9 Å². The first-order chi connectivity index (χ1) is 5.27. The number of carboxylic acids is 1. The Morgan fingerprint density at radius 3 is 2.73 bits per heavy atom. The molecule has 0 spiro atoms. The van der Waals surface area contributed by atoms with E-state index in [4.69, 9.17) is 5.11 Å². The van der Waals surface area contributed by atoms with Crippen LogP contribution in [0.4, 0.5) is 0 Å². The molecule has 0 fully saturated rings. The Morgan fingerprint density at radius 2 is 2.18 bits per heavy atom. The van der Waals surface area contributed by atoms with E-state index in [-0.39, 0.29) is 0 Å². The lowest BCUT2D eigenvalue weighted by Gasteiger charge is -1.85. The molecule has 0 radical (unpaired) electrons. The average molecular weight is 154 g/mol. The van der Waals surface area contributed by atoms with Crippen LogP contribution in [0.3, 0.4) is 0 Å². The third-order valence-electron chi connectivity index (χ3n) is 1.21. The molecule has 0 amide bonds. The number of allylic oxidation sites excluding steroid dienone is 3. The second-order valence-electron chi connectivity index (χ2n) is 2.27. The minimum Gasteiger partial charge on any atom is -0.478 e. The highest BCUT2D eigenvalue weighted by Crippen LogP contribution is 1.94. The molecule has 2 nitrogen and oxygen atoms in total. The lowest BCUT2D eigenvalue weighted by molar-refractivity contribution is -0.131. The van der Waals surface area contributed by atoms with E-state index in [1.165, 1.54) is 12.5 Å². The number of carbonyl (C=O) groups is 1. The molecular formula is C9H14O2. The number of carboxylic acid groups (broad SMARTS) is 1. The zero-order chi connectivity index (χ0) is 8.53. The monoisotopic (exact) mass is 154 g/mol. The van der Waals surface area contributed by atoms with Gasteiger partial charge in [-0.05, 0) is 6.42 Å². The SMILES string of the molecule is CCCCC=C/C=C/C(=O)O. The molecule has 2 heteroatoms. The first-order valence-corrected chi connectivity index (χ1v) is 3.83. The lowest BCUT2D eigenvalue weighted by atomic mass is 10.2. The van der Waals surface area contributed by atoms with Crippen LogP contribution in [0.2, 0.25) is 0 Å². The van der Waals surface area contributed by atoms with Gasteiger partial charge in [0.1, 0.15) is 0 Å². The van der Waals surface area contributed by atoms with Crippen molar-refractivity contribution in [1.82, 2.24) is 0 Å². The molecule has 0 heterocycles. The first-order valence-electron chi connectivity index (χ1n) is 3.83. The lowest BCUT2D eigenvalue weighted by Crippen LogP contribution is -1.84. The van der Waals surface area contributed by atoms with Gasteiger partial charge >= 0.3 is 5.97 Å². The summed E-state index contributed by atoms with van der Waals surface area (Å²) < 4.78 is 0. The van der Waals surface area contributed by atoms with Crippen molar-refractivity contribution in [3.05, 3.63) is 24.3 Å². The van der Waals surface area contributed by atoms with Gasteiger partial charge in [0.2, 0.25) is 0 Å². The maximum Gasteiger partial charge on any atom is 0.328 e. The van der Waals surface area contributed by atoms with Gasteiger partial charge in [-0.1, -0.05) is 38.0 Å². The highest BCUT2D eigenvalue weighted by atomic mass is 16.4. The third kappa shape index (κ3) is 8.95. The molecular weight excluding hydrogens is 140 g/mol. The fourth-order valence-electron chi connectivity index (χ4n) is 0.635. The Balaban J connectivity index is 3.36. The van der Waals surface area contributed by atoms with Crippen molar-refractivity contribution in [2.75, 3.05) is 0 Å². The largest absolute Gasteiger partial charge is 0.478 e. The summed E-state index contributed by atoms with van der Waals surface area (Å²) in [6.45, 7) is 2.13. The number of hydrogen-bond donors (Lipinski definition) is 1. The maximum absolute atomic E-state index is 9.97. The predicted molar refractivity (Wildman–Crippen MR) is 45.4 cm³/mol. The van der Waals surface area contributed by atoms with Crippen molar-refractivity contribution >= 4 is 5.97 Å². The number of unbranched alkanes of at least 4 members (excludes halogenated alkanes) is 2. The fourth-order valence-corrected chi connectivity index (χ4v) is 0.635. The van der Waals surface area contributed by atoms with E-state index >= 15 is 0 Å². The average Bonchev–Trinajstić information content (AvgIpc) is 1.96. The van der Waals surface area contributed by atoms with Gasteiger partial charge in [-0.25, -0.2) is 4.79 Å². The quantitative estimate of drug-likeness (QED) is 0.375. The van der Waals surface area contributed by atoms with Gasteiger partial charge in [-0.3, -0.25) is 0 Å². The summed E-state index contributed by atoms with van der Waals surface area (Å²) in [6, 6.07) is 0. The molecule has 0 saturated carbocycles. The van der Waals surface area contributed by atoms with Crippen LogP contribution in [0.5, 0.6) is 0 Å². The van der Waals surface area contributed by atoms with E-state index < -0.39 is 5.97 Å². The van der Waals surface area contributed by atoms with Crippen LogP contribution in [0, 0.1) is 0 Å². The molecule has 0 rings (SSSR count). The van der Waals surface area contributed by atoms with Crippen molar-refractivity contribution in [2.45, 2.75) is 26.2 Å². The van der Waals surface area contributed by atoms with Crippen molar-refractivity contribution in [1.29, 1.82) is 0 Å². The minimum absolute atomic E-state index is 0.898. The van der Waals surface area contributed by atoms with E-state index in [9.17, 15) is 4.79 Å². The molecule has 0 aliphatic carbocycles. The Labute approximate surface area is 67.2 Å². The smallest absolute Gasteiger partial charge is 0.328 e. The van der Waals surface area contributed by atoms with Crippen molar-refractivity contribution < 1.29 is 9.90 Å². The molecule has 0 aromatic rings. The van der Waals surface area contributed by atoms with Gasteiger partial charge in [0.05, 0.1) is 0 Å². The number of rotatable bonds is 5. The molecule has 0 aliphatic rings. The summed E-state index contributed by atoms with van der Waals surface area (Å²) >= 11 is 0. The summed E-state index contributed by atoms with van der Waals surface area (Å²) in [6.07, 6.45) is 9.78. The predicted octanol–water partition coefficient (Wildman–Crippen LogP) is 2.37. The Bertz CT molecular complexity index is 157. The van der Waals surface area contributed by atoms with E-state index in [1.807, 2.05) is 6.08 Å². The zero-order valence-electron chi connectivity index (χ0n) is 6.79. The zero-order valence-corrected chi connectivity index (χ0v) is 6.79. The molecule has 1 N–H and O–H groups in total. The Kier molecular flexibility index (Phi) is 6.39. The van der Waals surface area contributed by atoms with Crippen molar-refractivity contribution in [3.63, 3.8) is 0 Å². The molecule has 0 saturated heterocycles. The molecule has 11 heavy (non-hydrogen) atoms. The van der Waals surface area contributed by atoms with Crippen LogP contribution in [-0.2, 0) is 4.79 Å². The normalized spacial score (nSPS) is 11.4. The summed E-state index contributed by atoms with van der Waals surface area (Å²) in [5.74, 6) is -0.898. The topological polar surface area (TPSA) is 37.3 Å². The van der Waals surface area contributed by atoms with Crippen LogP contribution in [0.25, 0.3) is 0 Å². The van der Waals surface area contributed by atoms with Crippen LogP contribution in [0.15, 0.2) is 24.3 Å². The fraction of sp³-hybridized carbons (Fsp3) is 0.444. The summed E-state index contributed by atoms with van der Waals surface area (Å²) in [4.78, 5) is 9.97. The van der Waals surface area contributed by atoms with E-state index in [0.29, 0.717) is 0 Å². The molecule has 0 aliphatic heterocycles. The molecule has 62 valence electrons. The molecule has 0 aromatic heterocycles. The summed E-state index contributed by atoms with van der Waals surface area (Å²) in [5.41, 5.74) is 0. The van der Waals surface area contributed by atoms with E-state index in [2.05, 4.69) is 6.92 Å². The van der Waals surface area contributed by atoms with Crippen LogP contribution in [-0.4, -0.2) is 11.1 Å². The summed E-state index contributed by atoms with van der Waals surface area (Å²) in [7, 11) is 0. The van der Waals surface area contributed by atoms with Gasteiger partial charge < -0.3 is 5.11 Å². The van der Waals surface area contributed by atoms with Crippen molar-refractivity contribution in [2.24, 2.45) is 0 Å². The molecule has 0 unspecified atom stereocenters. The number of hydrogen-bond acceptors (Lipinski definition) is 1. The maximum atomic E-state index is 9.97.